The van der Waals surface area contributed by atoms with Crippen LogP contribution in [0.15, 0.2) is 0 Å². The Morgan fingerprint density at radius 1 is 1.29 bits per heavy atom. The summed E-state index contributed by atoms with van der Waals surface area (Å²) in [6.45, 7) is 1.56. The minimum absolute atomic E-state index is 0.310. The summed E-state index contributed by atoms with van der Waals surface area (Å²) in [5.74, 6) is 0. The van der Waals surface area contributed by atoms with Gasteiger partial charge in [-0.2, -0.15) is 5.26 Å². The zero-order valence-electron chi connectivity index (χ0n) is 11.8. The summed E-state index contributed by atoms with van der Waals surface area (Å²) >= 11 is 1.40. The molecule has 5 nitrogen and oxygen atoms in total. The Balaban J connectivity index is 1.87. The van der Waals surface area contributed by atoms with E-state index in [0.717, 1.165) is 62.1 Å². The van der Waals surface area contributed by atoms with E-state index >= 15 is 0 Å². The van der Waals surface area contributed by atoms with Crippen molar-refractivity contribution in [3.8, 4) is 6.07 Å². The van der Waals surface area contributed by atoms with E-state index in [1.165, 1.54) is 11.3 Å². The van der Waals surface area contributed by atoms with Crippen molar-refractivity contribution in [1.29, 1.82) is 5.26 Å². The predicted octanol–water partition coefficient (Wildman–Crippen LogP) is 2.34. The van der Waals surface area contributed by atoms with Crippen molar-refractivity contribution in [2.75, 3.05) is 11.3 Å². The highest BCUT2D eigenvalue weighted by atomic mass is 32.2. The van der Waals surface area contributed by atoms with Crippen molar-refractivity contribution in [1.82, 2.24) is 5.32 Å². The van der Waals surface area contributed by atoms with E-state index in [0.29, 0.717) is 10.6 Å². The van der Waals surface area contributed by atoms with E-state index in [9.17, 15) is 13.7 Å². The molecule has 114 valence electrons. The molecule has 0 amide bonds. The van der Waals surface area contributed by atoms with Crippen molar-refractivity contribution in [3.05, 3.63) is 16.0 Å². The van der Waals surface area contributed by atoms with Crippen LogP contribution in [0.1, 0.15) is 48.1 Å². The van der Waals surface area contributed by atoms with Crippen LogP contribution in [0.3, 0.4) is 0 Å². The first-order chi connectivity index (χ1) is 10.1. The lowest BCUT2D eigenvalue weighted by Gasteiger charge is -2.22. The zero-order chi connectivity index (χ0) is 14.9. The van der Waals surface area contributed by atoms with Crippen LogP contribution in [-0.4, -0.2) is 20.2 Å². The number of hydrogen-bond acceptors (Lipinski definition) is 5. The van der Waals surface area contributed by atoms with Crippen molar-refractivity contribution < 1.29 is 8.42 Å². The molecule has 2 heterocycles. The Morgan fingerprint density at radius 3 is 2.76 bits per heavy atom. The first-order valence-corrected chi connectivity index (χ1v) is 9.75. The lowest BCUT2D eigenvalue weighted by molar-refractivity contribution is 0.486. The number of nitrogens with zero attached hydrogens (tertiary/aromatic N) is 1. The molecule has 1 saturated carbocycles. The minimum Gasteiger partial charge on any atom is -0.312 e. The molecule has 0 radical (unpaired) electrons. The Hall–Kier alpha value is -1.10. The lowest BCUT2D eigenvalue weighted by Crippen LogP contribution is -2.29. The molecule has 2 aliphatic rings. The highest BCUT2D eigenvalue weighted by molar-refractivity contribution is 7.93. The number of nitrogens with one attached hydrogen (secondary N) is 2. The van der Waals surface area contributed by atoms with Crippen molar-refractivity contribution >= 4 is 26.4 Å². The SMILES string of the molecule is N#Cc1c(NS(=O)(=O)C2CCCCC2)sc2c1CCNC2. The van der Waals surface area contributed by atoms with E-state index < -0.39 is 10.0 Å². The summed E-state index contributed by atoms with van der Waals surface area (Å²) in [5.41, 5.74) is 1.54. The average Bonchev–Trinajstić information content (AvgIpc) is 2.84. The molecule has 1 aromatic heterocycles. The Morgan fingerprint density at radius 2 is 2.05 bits per heavy atom. The Labute approximate surface area is 129 Å². The van der Waals surface area contributed by atoms with E-state index in [4.69, 9.17) is 0 Å². The molecule has 0 aromatic carbocycles. The van der Waals surface area contributed by atoms with Crippen LogP contribution >= 0.6 is 11.3 Å². The van der Waals surface area contributed by atoms with E-state index in [1.807, 2.05) is 0 Å². The number of hydrogen-bond donors (Lipinski definition) is 2. The molecule has 1 aromatic rings. The maximum atomic E-state index is 12.5. The maximum Gasteiger partial charge on any atom is 0.236 e. The van der Waals surface area contributed by atoms with E-state index in [1.54, 1.807) is 0 Å². The molecule has 1 fully saturated rings. The van der Waals surface area contributed by atoms with Gasteiger partial charge >= 0.3 is 0 Å². The maximum absolute atomic E-state index is 12.5. The molecule has 1 aliphatic heterocycles. The molecule has 7 heteroatoms. The van der Waals surface area contributed by atoms with Crippen LogP contribution in [0.5, 0.6) is 0 Å². The second-order valence-corrected chi connectivity index (χ2v) is 8.72. The van der Waals surface area contributed by atoms with Gasteiger partial charge in [-0.25, -0.2) is 8.42 Å². The summed E-state index contributed by atoms with van der Waals surface area (Å²) in [6, 6.07) is 2.18. The fourth-order valence-corrected chi connectivity index (χ4v) is 6.13. The number of rotatable bonds is 3. The molecular weight excluding hydrogens is 306 g/mol. The van der Waals surface area contributed by atoms with Gasteiger partial charge in [0.25, 0.3) is 0 Å². The number of fused-ring (bicyclic) bond motifs is 1. The van der Waals surface area contributed by atoms with Crippen LogP contribution < -0.4 is 10.0 Å². The molecule has 0 spiro atoms. The molecular formula is C14H19N3O2S2. The molecule has 1 aliphatic carbocycles. The van der Waals surface area contributed by atoms with Gasteiger partial charge in [-0.05, 0) is 31.4 Å². The molecule has 0 bridgehead atoms. The molecule has 0 unspecified atom stereocenters. The minimum atomic E-state index is -3.38. The van der Waals surface area contributed by atoms with Gasteiger partial charge in [0.1, 0.15) is 11.1 Å². The molecule has 3 rings (SSSR count). The van der Waals surface area contributed by atoms with Crippen LogP contribution in [0, 0.1) is 11.3 Å². The van der Waals surface area contributed by atoms with Gasteiger partial charge in [0.15, 0.2) is 0 Å². The van der Waals surface area contributed by atoms with Gasteiger partial charge in [0.05, 0.1) is 10.8 Å². The monoisotopic (exact) mass is 325 g/mol. The largest absolute Gasteiger partial charge is 0.312 e. The van der Waals surface area contributed by atoms with Crippen LogP contribution in [0.25, 0.3) is 0 Å². The van der Waals surface area contributed by atoms with Crippen molar-refractivity contribution in [2.24, 2.45) is 0 Å². The fraction of sp³-hybridized carbons (Fsp3) is 0.643. The van der Waals surface area contributed by atoms with Gasteiger partial charge < -0.3 is 5.32 Å². The highest BCUT2D eigenvalue weighted by Gasteiger charge is 2.30. The summed E-state index contributed by atoms with van der Waals surface area (Å²) < 4.78 is 27.7. The predicted molar refractivity (Wildman–Crippen MR) is 83.9 cm³/mol. The van der Waals surface area contributed by atoms with Gasteiger partial charge in [-0.3, -0.25) is 4.72 Å². The molecule has 21 heavy (non-hydrogen) atoms. The smallest absolute Gasteiger partial charge is 0.236 e. The van der Waals surface area contributed by atoms with Gasteiger partial charge in [0.2, 0.25) is 10.0 Å². The topological polar surface area (TPSA) is 82.0 Å². The first-order valence-electron chi connectivity index (χ1n) is 7.39. The second kappa shape index (κ2) is 5.95. The van der Waals surface area contributed by atoms with Crippen molar-refractivity contribution in [3.63, 3.8) is 0 Å². The summed E-state index contributed by atoms with van der Waals surface area (Å²) in [6.07, 6.45) is 5.31. The number of anilines is 1. The third-order valence-corrected chi connectivity index (χ3v) is 7.38. The Bertz CT molecular complexity index is 667. The molecule has 0 saturated heterocycles. The van der Waals surface area contributed by atoms with Gasteiger partial charge in [-0.15, -0.1) is 11.3 Å². The van der Waals surface area contributed by atoms with Crippen LogP contribution in [0.4, 0.5) is 5.00 Å². The van der Waals surface area contributed by atoms with Gasteiger partial charge in [-0.1, -0.05) is 19.3 Å². The van der Waals surface area contributed by atoms with Crippen LogP contribution in [-0.2, 0) is 23.0 Å². The Kier molecular flexibility index (Phi) is 4.20. The second-order valence-electron chi connectivity index (χ2n) is 5.65. The molecule has 2 N–H and O–H groups in total. The average molecular weight is 325 g/mol. The quantitative estimate of drug-likeness (QED) is 0.893. The summed E-state index contributed by atoms with van der Waals surface area (Å²) in [5, 5.41) is 12.8. The highest BCUT2D eigenvalue weighted by Crippen LogP contribution is 2.36. The third-order valence-electron chi connectivity index (χ3n) is 4.27. The number of thiophene rings is 1. The number of sulfonamides is 1. The summed E-state index contributed by atoms with van der Waals surface area (Å²) in [7, 11) is -3.38. The van der Waals surface area contributed by atoms with E-state index in [2.05, 4.69) is 16.1 Å². The first kappa shape index (κ1) is 14.8. The normalized spacial score (nSPS) is 19.8. The van der Waals surface area contributed by atoms with Crippen molar-refractivity contribution in [2.45, 2.75) is 50.3 Å². The molecule has 0 atom stereocenters. The standard InChI is InChI=1S/C14H19N3O2S2/c15-8-12-11-6-7-16-9-13(11)20-14(12)17-21(18,19)10-4-2-1-3-5-10/h10,16-17H,1-7,9H2. The van der Waals surface area contributed by atoms with E-state index in [-0.39, 0.29) is 5.25 Å². The lowest BCUT2D eigenvalue weighted by atomic mass is 10.0. The fourth-order valence-electron chi connectivity index (χ4n) is 3.11. The third kappa shape index (κ3) is 2.93. The number of nitriles is 1. The van der Waals surface area contributed by atoms with Crippen LogP contribution in [0.2, 0.25) is 0 Å². The zero-order valence-corrected chi connectivity index (χ0v) is 13.4. The van der Waals surface area contributed by atoms with Gasteiger partial charge in [0, 0.05) is 11.4 Å². The summed E-state index contributed by atoms with van der Waals surface area (Å²) in [4.78, 5) is 1.08.